The molecule has 1 atom stereocenters. The van der Waals surface area contributed by atoms with Gasteiger partial charge in [-0.2, -0.15) is 0 Å². The molecular weight excluding hydrogens is 319 g/mol. The molecule has 1 aliphatic heterocycles. The summed E-state index contributed by atoms with van der Waals surface area (Å²) in [5.41, 5.74) is 2.12. The minimum absolute atomic E-state index is 0.0613. The van der Waals surface area contributed by atoms with Crippen LogP contribution in [0.3, 0.4) is 0 Å². The zero-order valence-electron chi connectivity index (χ0n) is 14.4. The summed E-state index contributed by atoms with van der Waals surface area (Å²) >= 11 is 0. The maximum atomic E-state index is 13.0. The van der Waals surface area contributed by atoms with E-state index in [0.717, 1.165) is 36.2 Å². The largest absolute Gasteiger partial charge is 0.365 e. The number of aryl methyl sites for hydroxylation is 1. The van der Waals surface area contributed by atoms with E-state index in [2.05, 4.69) is 22.2 Å². The molecule has 2 aromatic rings. The van der Waals surface area contributed by atoms with Crippen LogP contribution in [0.1, 0.15) is 30.9 Å². The van der Waals surface area contributed by atoms with Crippen LogP contribution in [0.25, 0.3) is 0 Å². The Hall–Kier alpha value is -2.50. The Morgan fingerprint density at radius 1 is 1.28 bits per heavy atom. The zero-order valence-corrected chi connectivity index (χ0v) is 14.4. The van der Waals surface area contributed by atoms with E-state index < -0.39 is 0 Å². The molecule has 0 saturated carbocycles. The molecule has 1 fully saturated rings. The molecule has 25 heavy (non-hydrogen) atoms. The number of rotatable bonds is 7. The van der Waals surface area contributed by atoms with Crippen molar-refractivity contribution in [2.45, 2.75) is 38.6 Å². The molecule has 3 rings (SSSR count). The molecule has 2 heterocycles. The molecule has 1 unspecified atom stereocenters. The lowest BCUT2D eigenvalue weighted by Gasteiger charge is -2.18. The smallest absolute Gasteiger partial charge is 0.224 e. The van der Waals surface area contributed by atoms with Crippen LogP contribution in [0, 0.1) is 5.82 Å². The third-order valence-corrected chi connectivity index (χ3v) is 4.45. The van der Waals surface area contributed by atoms with Crippen molar-refractivity contribution in [3.05, 3.63) is 53.7 Å². The van der Waals surface area contributed by atoms with Crippen LogP contribution in [-0.4, -0.2) is 39.9 Å². The van der Waals surface area contributed by atoms with E-state index in [1.165, 1.54) is 18.5 Å². The van der Waals surface area contributed by atoms with Crippen molar-refractivity contribution in [2.24, 2.45) is 0 Å². The molecule has 1 aliphatic rings. The molecule has 1 amide bonds. The predicted octanol–water partition coefficient (Wildman–Crippen LogP) is 2.82. The molecule has 1 aromatic carbocycles. The molecule has 0 radical (unpaired) electrons. The normalized spacial score (nSPS) is 17.1. The second-order valence-electron chi connectivity index (χ2n) is 6.41. The lowest BCUT2D eigenvalue weighted by Crippen LogP contribution is -2.30. The minimum Gasteiger partial charge on any atom is -0.365 e. The van der Waals surface area contributed by atoms with Gasteiger partial charge in [-0.3, -0.25) is 4.79 Å². The summed E-state index contributed by atoms with van der Waals surface area (Å²) < 4.78 is 13.0. The van der Waals surface area contributed by atoms with Gasteiger partial charge < -0.3 is 10.2 Å². The first-order valence-corrected chi connectivity index (χ1v) is 8.73. The van der Waals surface area contributed by atoms with Crippen LogP contribution >= 0.6 is 0 Å². The zero-order chi connectivity index (χ0) is 17.6. The second-order valence-corrected chi connectivity index (χ2v) is 6.41. The summed E-state index contributed by atoms with van der Waals surface area (Å²) in [5.74, 6) is 0.735. The Bertz CT molecular complexity index is 720. The topological polar surface area (TPSA) is 58.1 Å². The quantitative estimate of drug-likeness (QED) is 0.841. The van der Waals surface area contributed by atoms with Crippen molar-refractivity contribution in [1.29, 1.82) is 0 Å². The third-order valence-electron chi connectivity index (χ3n) is 4.45. The molecule has 1 aromatic heterocycles. The number of anilines is 1. The van der Waals surface area contributed by atoms with Gasteiger partial charge in [-0.15, -0.1) is 0 Å². The number of carbonyl (C=O) groups excluding carboxylic acids is 1. The Balaban J connectivity index is 1.56. The van der Waals surface area contributed by atoms with Crippen molar-refractivity contribution in [3.8, 4) is 0 Å². The highest BCUT2D eigenvalue weighted by Gasteiger charge is 2.29. The maximum Gasteiger partial charge on any atom is 0.224 e. The van der Waals surface area contributed by atoms with Crippen molar-refractivity contribution >= 4 is 11.7 Å². The van der Waals surface area contributed by atoms with Crippen LogP contribution in [-0.2, 0) is 17.6 Å². The van der Waals surface area contributed by atoms with Crippen molar-refractivity contribution < 1.29 is 9.18 Å². The lowest BCUT2D eigenvalue weighted by atomic mass is 10.1. The fourth-order valence-electron chi connectivity index (χ4n) is 3.13. The van der Waals surface area contributed by atoms with E-state index in [1.54, 1.807) is 12.1 Å². The molecule has 0 aliphatic carbocycles. The summed E-state index contributed by atoms with van der Waals surface area (Å²) in [4.78, 5) is 22.5. The standard InChI is InChI=1S/C19H23FN4O/c1-2-3-15-11-21-13-22-19(15)23-17-10-18(25)24(12-17)9-8-14-4-6-16(20)7-5-14/h4-7,11,13,17H,2-3,8-10,12H2,1H3,(H,21,22,23). The van der Waals surface area contributed by atoms with Crippen molar-refractivity contribution in [3.63, 3.8) is 0 Å². The van der Waals surface area contributed by atoms with Gasteiger partial charge in [-0.25, -0.2) is 14.4 Å². The predicted molar refractivity (Wildman–Crippen MR) is 94.7 cm³/mol. The molecule has 5 nitrogen and oxygen atoms in total. The van der Waals surface area contributed by atoms with Gasteiger partial charge in [-0.05, 0) is 30.5 Å². The molecular formula is C19H23FN4O. The molecule has 0 spiro atoms. The van der Waals surface area contributed by atoms with Crippen LogP contribution in [0.2, 0.25) is 0 Å². The third kappa shape index (κ3) is 4.53. The highest BCUT2D eigenvalue weighted by molar-refractivity contribution is 5.80. The molecule has 6 heteroatoms. The Labute approximate surface area is 147 Å². The number of nitrogens with zero attached hydrogens (tertiary/aromatic N) is 3. The van der Waals surface area contributed by atoms with Crippen LogP contribution in [0.5, 0.6) is 0 Å². The monoisotopic (exact) mass is 342 g/mol. The molecule has 132 valence electrons. The van der Waals surface area contributed by atoms with Gasteiger partial charge in [-0.1, -0.05) is 25.5 Å². The van der Waals surface area contributed by atoms with Gasteiger partial charge in [0.15, 0.2) is 0 Å². The molecule has 0 bridgehead atoms. The van der Waals surface area contributed by atoms with Crippen LogP contribution < -0.4 is 5.32 Å². The lowest BCUT2D eigenvalue weighted by molar-refractivity contribution is -0.127. The van der Waals surface area contributed by atoms with Gasteiger partial charge in [0.25, 0.3) is 0 Å². The number of benzene rings is 1. The van der Waals surface area contributed by atoms with Gasteiger partial charge >= 0.3 is 0 Å². The molecule has 1 N–H and O–H groups in total. The highest BCUT2D eigenvalue weighted by atomic mass is 19.1. The first-order chi connectivity index (χ1) is 12.2. The van der Waals surface area contributed by atoms with Crippen molar-refractivity contribution in [2.75, 3.05) is 18.4 Å². The highest BCUT2D eigenvalue weighted by Crippen LogP contribution is 2.19. The van der Waals surface area contributed by atoms with E-state index in [1.807, 2.05) is 11.1 Å². The number of nitrogens with one attached hydrogen (secondary N) is 1. The number of aromatic nitrogens is 2. The number of amides is 1. The Morgan fingerprint density at radius 2 is 2.08 bits per heavy atom. The van der Waals surface area contributed by atoms with Crippen LogP contribution in [0.15, 0.2) is 36.8 Å². The fraction of sp³-hybridized carbons (Fsp3) is 0.421. The summed E-state index contributed by atoms with van der Waals surface area (Å²) in [6.45, 7) is 3.43. The fourth-order valence-corrected chi connectivity index (χ4v) is 3.13. The van der Waals surface area contributed by atoms with E-state index in [4.69, 9.17) is 0 Å². The van der Waals surface area contributed by atoms with Gasteiger partial charge in [0.2, 0.25) is 5.91 Å². The SMILES string of the molecule is CCCc1cncnc1NC1CC(=O)N(CCc2ccc(F)cc2)C1. The Kier molecular flexibility index (Phi) is 5.58. The van der Waals surface area contributed by atoms with Crippen LogP contribution in [0.4, 0.5) is 10.2 Å². The first kappa shape index (κ1) is 17.3. The average molecular weight is 342 g/mol. The van der Waals surface area contributed by atoms with Gasteiger partial charge in [0.1, 0.15) is 18.0 Å². The summed E-state index contributed by atoms with van der Waals surface area (Å²) in [5, 5.41) is 3.40. The summed E-state index contributed by atoms with van der Waals surface area (Å²) in [6.07, 6.45) is 6.51. The van der Waals surface area contributed by atoms with E-state index >= 15 is 0 Å². The number of halogens is 1. The van der Waals surface area contributed by atoms with Crippen molar-refractivity contribution in [1.82, 2.24) is 14.9 Å². The summed E-state index contributed by atoms with van der Waals surface area (Å²) in [6, 6.07) is 6.50. The number of hydrogen-bond acceptors (Lipinski definition) is 4. The summed E-state index contributed by atoms with van der Waals surface area (Å²) in [7, 11) is 0. The van der Waals surface area contributed by atoms with E-state index in [9.17, 15) is 9.18 Å². The van der Waals surface area contributed by atoms with Gasteiger partial charge in [0, 0.05) is 31.3 Å². The second kappa shape index (κ2) is 8.05. The molecule has 1 saturated heterocycles. The first-order valence-electron chi connectivity index (χ1n) is 8.73. The maximum absolute atomic E-state index is 13.0. The number of hydrogen-bond donors (Lipinski definition) is 1. The number of likely N-dealkylation sites (tertiary alicyclic amines) is 1. The Morgan fingerprint density at radius 3 is 2.84 bits per heavy atom. The van der Waals surface area contributed by atoms with E-state index in [-0.39, 0.29) is 17.8 Å². The van der Waals surface area contributed by atoms with E-state index in [0.29, 0.717) is 19.5 Å². The average Bonchev–Trinajstić information content (AvgIpc) is 2.96. The van der Waals surface area contributed by atoms with Gasteiger partial charge in [0.05, 0.1) is 6.04 Å². The minimum atomic E-state index is -0.238. The number of carbonyl (C=O) groups is 1.